The number of nitrogens with one attached hydrogen (secondary N) is 4. The van der Waals surface area contributed by atoms with Gasteiger partial charge in [0.15, 0.2) is 0 Å². The van der Waals surface area contributed by atoms with E-state index in [9.17, 15) is 13.2 Å². The molecule has 1 aliphatic heterocycles. The minimum Gasteiger partial charge on any atom is -0.313 e. The van der Waals surface area contributed by atoms with Gasteiger partial charge in [-0.2, -0.15) is 13.2 Å². The number of benzene rings is 1. The fraction of sp³-hybridized carbons (Fsp3) is 0.458. The molecule has 0 amide bonds. The van der Waals surface area contributed by atoms with Crippen LogP contribution in [-0.2, 0) is 12.7 Å². The van der Waals surface area contributed by atoms with Crippen LogP contribution < -0.4 is 15.2 Å². The second kappa shape index (κ2) is 11.4. The summed E-state index contributed by atoms with van der Waals surface area (Å²) >= 11 is 0. The topological polar surface area (TPSA) is 66.7 Å². The fourth-order valence-corrected chi connectivity index (χ4v) is 3.80. The Morgan fingerprint density at radius 1 is 1.24 bits per heavy atom. The van der Waals surface area contributed by atoms with Crippen LogP contribution in [0.1, 0.15) is 43.7 Å². The molecule has 9 heteroatoms. The Morgan fingerprint density at radius 3 is 2.58 bits per heavy atom. The molecule has 3 unspecified atom stereocenters. The predicted molar refractivity (Wildman–Crippen MR) is 121 cm³/mol. The van der Waals surface area contributed by atoms with Gasteiger partial charge in [0.25, 0.3) is 12.3 Å². The lowest BCUT2D eigenvalue weighted by Crippen LogP contribution is -3.26. The number of hydrogen-bond donors (Lipinski definition) is 4. The summed E-state index contributed by atoms with van der Waals surface area (Å²) in [4.78, 5) is 8.48. The third kappa shape index (κ3) is 7.08. The maximum absolute atomic E-state index is 15.5. The zero-order valence-electron chi connectivity index (χ0n) is 18.6. The third-order valence-corrected chi connectivity index (χ3v) is 5.84. The van der Waals surface area contributed by atoms with Gasteiger partial charge in [0.2, 0.25) is 12.2 Å². The Balaban J connectivity index is 1.68. The first-order chi connectivity index (χ1) is 15.8. The molecule has 0 saturated heterocycles. The van der Waals surface area contributed by atoms with E-state index in [-0.39, 0.29) is 11.9 Å². The van der Waals surface area contributed by atoms with E-state index < -0.39 is 24.1 Å². The summed E-state index contributed by atoms with van der Waals surface area (Å²) in [5, 5.41) is 9.94. The van der Waals surface area contributed by atoms with Crippen LogP contribution in [0.5, 0.6) is 0 Å². The number of hydrogen-bond acceptors (Lipinski definition) is 2. The van der Waals surface area contributed by atoms with Crippen LogP contribution in [0, 0.1) is 5.41 Å². The first-order valence-corrected chi connectivity index (χ1v) is 11.2. The van der Waals surface area contributed by atoms with Gasteiger partial charge in [-0.25, -0.2) is 19.7 Å². The molecule has 4 N–H and O–H groups in total. The van der Waals surface area contributed by atoms with Gasteiger partial charge in [-0.05, 0) is 43.7 Å². The lowest BCUT2D eigenvalue weighted by molar-refractivity contribution is -1.03. The van der Waals surface area contributed by atoms with Crippen LogP contribution in [0.3, 0.4) is 0 Å². The fourth-order valence-electron chi connectivity index (χ4n) is 3.80. The SMILES string of the molecule is CC=C(C=CCCC=N)CN=C1NC=[NH+]C([NH+](Cc2ccc(C(F)(F)F)cc2)C2CC2)C1F. The van der Waals surface area contributed by atoms with Gasteiger partial charge >= 0.3 is 6.18 Å². The van der Waals surface area contributed by atoms with Gasteiger partial charge in [-0.15, -0.1) is 0 Å². The first kappa shape index (κ1) is 24.8. The van der Waals surface area contributed by atoms with Crippen molar-refractivity contribution in [2.24, 2.45) is 4.99 Å². The quantitative estimate of drug-likeness (QED) is 0.182. The highest BCUT2D eigenvalue weighted by Gasteiger charge is 2.47. The highest BCUT2D eigenvalue weighted by atomic mass is 19.4. The summed E-state index contributed by atoms with van der Waals surface area (Å²) < 4.78 is 54.0. The van der Waals surface area contributed by atoms with Gasteiger partial charge in [-0.3, -0.25) is 4.90 Å². The molecular weight excluding hydrogens is 434 g/mol. The summed E-state index contributed by atoms with van der Waals surface area (Å²) in [5.74, 6) is 0.247. The number of unbranched alkanes of at least 4 members (excludes halogenated alkanes) is 1. The molecule has 5 nitrogen and oxygen atoms in total. The maximum Gasteiger partial charge on any atom is 0.416 e. The summed E-state index contributed by atoms with van der Waals surface area (Å²) in [6.45, 7) is 2.66. The number of amidine groups is 1. The van der Waals surface area contributed by atoms with Crippen LogP contribution in [0.15, 0.2) is 53.1 Å². The molecule has 0 spiro atoms. The standard InChI is InChI=1S/C24H29F4N5/c1-2-17(6-4-3-5-13-29)14-30-22-21(25)23(32-16-31-22)33(20-11-12-20)15-18-7-9-19(10-8-18)24(26,27)28/h2,4,6-10,13,16,20-21,23,29H,3,5,11-12,14-15H2,1H3,(H,30,31,32)/p+2. The zero-order chi connectivity index (χ0) is 23.8. The number of quaternary nitrogens is 1. The second-order valence-corrected chi connectivity index (χ2v) is 8.30. The van der Waals surface area contributed by atoms with Crippen LogP contribution in [0.4, 0.5) is 17.6 Å². The molecule has 1 fully saturated rings. The van der Waals surface area contributed by atoms with Crippen LogP contribution >= 0.6 is 0 Å². The minimum atomic E-state index is -4.37. The number of aliphatic imine (C=N–C) groups is 1. The molecule has 1 aromatic rings. The first-order valence-electron chi connectivity index (χ1n) is 11.2. The monoisotopic (exact) mass is 465 g/mol. The largest absolute Gasteiger partial charge is 0.416 e. The van der Waals surface area contributed by atoms with E-state index in [1.165, 1.54) is 18.3 Å². The van der Waals surface area contributed by atoms with Crippen molar-refractivity contribution in [1.29, 1.82) is 5.41 Å². The van der Waals surface area contributed by atoms with Crippen LogP contribution in [0.25, 0.3) is 0 Å². The van der Waals surface area contributed by atoms with Crippen molar-refractivity contribution < 1.29 is 27.5 Å². The molecule has 1 heterocycles. The van der Waals surface area contributed by atoms with Gasteiger partial charge in [0, 0.05) is 18.4 Å². The molecule has 3 atom stereocenters. The molecule has 0 aromatic heterocycles. The lowest BCUT2D eigenvalue weighted by Gasteiger charge is -2.28. The zero-order valence-corrected chi connectivity index (χ0v) is 18.6. The van der Waals surface area contributed by atoms with Gasteiger partial charge in [-0.1, -0.05) is 30.4 Å². The van der Waals surface area contributed by atoms with Crippen molar-refractivity contribution in [3.63, 3.8) is 0 Å². The third-order valence-electron chi connectivity index (χ3n) is 5.84. The second-order valence-electron chi connectivity index (χ2n) is 8.30. The Kier molecular flexibility index (Phi) is 8.55. The number of allylic oxidation sites excluding steroid dienone is 2. The van der Waals surface area contributed by atoms with E-state index in [2.05, 4.69) is 15.3 Å². The predicted octanol–water partition coefficient (Wildman–Crippen LogP) is 1.96. The van der Waals surface area contributed by atoms with Crippen molar-refractivity contribution in [2.75, 3.05) is 6.54 Å². The van der Waals surface area contributed by atoms with Gasteiger partial charge < -0.3 is 5.41 Å². The van der Waals surface area contributed by atoms with E-state index in [4.69, 9.17) is 5.41 Å². The smallest absolute Gasteiger partial charge is 0.313 e. The number of rotatable bonds is 10. The molecule has 33 heavy (non-hydrogen) atoms. The summed E-state index contributed by atoms with van der Waals surface area (Å²) in [6.07, 6.45) is 5.84. The highest BCUT2D eigenvalue weighted by molar-refractivity contribution is 5.95. The van der Waals surface area contributed by atoms with Crippen LogP contribution in [-0.4, -0.2) is 43.3 Å². The Hall–Kier alpha value is -2.81. The molecule has 2 aliphatic rings. The molecule has 1 saturated carbocycles. The number of alkyl halides is 4. The molecule has 1 aliphatic carbocycles. The number of halogens is 4. The van der Waals surface area contributed by atoms with Crippen molar-refractivity contribution in [1.82, 2.24) is 5.32 Å². The average Bonchev–Trinajstić information content (AvgIpc) is 3.63. The van der Waals surface area contributed by atoms with E-state index >= 15 is 4.39 Å². The van der Waals surface area contributed by atoms with Crippen molar-refractivity contribution in [3.8, 4) is 0 Å². The molecule has 0 bridgehead atoms. The van der Waals surface area contributed by atoms with E-state index in [0.29, 0.717) is 19.5 Å². The normalized spacial score (nSPS) is 23.7. The minimum absolute atomic E-state index is 0.247. The molecule has 1 aromatic carbocycles. The number of nitrogens with zero attached hydrogens (tertiary/aromatic N) is 1. The van der Waals surface area contributed by atoms with Crippen molar-refractivity contribution >= 4 is 18.4 Å². The summed E-state index contributed by atoms with van der Waals surface area (Å²) in [6, 6.07) is 5.37. The van der Waals surface area contributed by atoms with Crippen LogP contribution in [0.2, 0.25) is 0 Å². The molecule has 0 radical (unpaired) electrons. The Bertz CT molecular complexity index is 914. The van der Waals surface area contributed by atoms with E-state index in [0.717, 1.165) is 47.4 Å². The van der Waals surface area contributed by atoms with E-state index in [1.807, 2.05) is 25.2 Å². The molecule has 178 valence electrons. The van der Waals surface area contributed by atoms with E-state index in [1.54, 1.807) is 6.34 Å². The Labute approximate surface area is 191 Å². The summed E-state index contributed by atoms with van der Waals surface area (Å²) in [5.41, 5.74) is 1.01. The van der Waals surface area contributed by atoms with Gasteiger partial charge in [0.1, 0.15) is 6.54 Å². The lowest BCUT2D eigenvalue weighted by atomic mass is 10.1. The van der Waals surface area contributed by atoms with Crippen molar-refractivity contribution in [3.05, 3.63) is 59.2 Å². The summed E-state index contributed by atoms with van der Waals surface area (Å²) in [7, 11) is 0. The van der Waals surface area contributed by atoms with Crippen molar-refractivity contribution in [2.45, 2.75) is 63.7 Å². The van der Waals surface area contributed by atoms with Gasteiger partial charge in [0.05, 0.1) is 18.2 Å². The average molecular weight is 466 g/mol. The maximum atomic E-state index is 15.5. The highest BCUT2D eigenvalue weighted by Crippen LogP contribution is 2.29. The Morgan fingerprint density at radius 2 is 1.97 bits per heavy atom. The molecular formula is C24H31F4N5+2. The molecule has 3 rings (SSSR count).